The second kappa shape index (κ2) is 6.72. The number of hydrogen-bond acceptors (Lipinski definition) is 4. The van der Waals surface area contributed by atoms with Gasteiger partial charge in [-0.3, -0.25) is 4.79 Å². The molecule has 2 fully saturated rings. The van der Waals surface area contributed by atoms with Gasteiger partial charge in [-0.2, -0.15) is 0 Å². The van der Waals surface area contributed by atoms with E-state index < -0.39 is 53.9 Å². The Bertz CT molecular complexity index is 1170. The Morgan fingerprint density at radius 1 is 1.50 bits per heavy atom. The molecule has 1 aromatic carbocycles. The lowest BCUT2D eigenvalue weighted by Crippen LogP contribution is -2.27. The van der Waals surface area contributed by atoms with Gasteiger partial charge in [-0.25, -0.2) is 9.18 Å². The molecule has 1 aliphatic carbocycles. The zero-order chi connectivity index (χ0) is 22.4. The third-order valence-electron chi connectivity index (χ3n) is 4.31. The van der Waals surface area contributed by atoms with Crippen molar-refractivity contribution in [1.82, 2.24) is 4.57 Å². The number of pyridine rings is 1. The van der Waals surface area contributed by atoms with E-state index in [1.165, 1.54) is 4.57 Å². The summed E-state index contributed by atoms with van der Waals surface area (Å²) in [5, 5.41) is 8.68. The van der Waals surface area contributed by atoms with E-state index in [2.05, 4.69) is 0 Å². The van der Waals surface area contributed by atoms with Crippen molar-refractivity contribution in [3.63, 3.8) is 0 Å². The second-order valence-electron chi connectivity index (χ2n) is 6.02. The number of benzene rings is 1. The molecule has 1 saturated carbocycles. The molecule has 9 heteroatoms. The molecule has 2 aromatic rings. The molecule has 4 rings (SSSR count). The van der Waals surface area contributed by atoms with Crippen LogP contribution in [0.25, 0.3) is 10.9 Å². The lowest BCUT2D eigenvalue weighted by Gasteiger charge is -2.23. The Balaban J connectivity index is 0.00000272. The highest BCUT2D eigenvalue weighted by Crippen LogP contribution is 2.42. The first-order valence-corrected chi connectivity index (χ1v) is 7.97. The molecule has 2 heterocycles. The van der Waals surface area contributed by atoms with Crippen molar-refractivity contribution in [2.45, 2.75) is 31.3 Å². The number of aromatic nitrogens is 1. The van der Waals surface area contributed by atoms with Crippen molar-refractivity contribution < 1.29 is 21.1 Å². The van der Waals surface area contributed by atoms with Crippen molar-refractivity contribution in [2.75, 3.05) is 17.9 Å². The maximum atomic E-state index is 15.1. The summed E-state index contributed by atoms with van der Waals surface area (Å²) in [7, 11) is 0. The van der Waals surface area contributed by atoms with Gasteiger partial charge in [0, 0.05) is 35.4 Å². The van der Waals surface area contributed by atoms with Gasteiger partial charge in [0.1, 0.15) is 11.4 Å². The average Bonchev–Trinajstić information content (AvgIpc) is 3.43. The van der Waals surface area contributed by atoms with Gasteiger partial charge in [-0.1, -0.05) is 11.6 Å². The number of hydrogen-bond donors (Lipinski definition) is 2. The van der Waals surface area contributed by atoms with E-state index in [1.54, 1.807) is 0 Å². The maximum absolute atomic E-state index is 15.1. The first-order valence-electron chi connectivity index (χ1n) is 10.1. The van der Waals surface area contributed by atoms with Gasteiger partial charge >= 0.3 is 5.97 Å². The molecule has 0 bridgehead atoms. The van der Waals surface area contributed by atoms with Gasteiger partial charge in [0.25, 0.3) is 0 Å². The summed E-state index contributed by atoms with van der Waals surface area (Å²) in [4.78, 5) is 24.7. The number of carbonyl (C=O) groups is 1. The van der Waals surface area contributed by atoms with E-state index in [0.717, 1.165) is 12.3 Å². The van der Waals surface area contributed by atoms with Gasteiger partial charge in [0.15, 0.2) is 0 Å². The van der Waals surface area contributed by atoms with Crippen LogP contribution in [0, 0.1) is 5.82 Å². The molecule has 6 nitrogen and oxygen atoms in total. The number of nitrogens with zero attached hydrogens (tertiary/aromatic N) is 2. The first kappa shape index (κ1) is 13.4. The third kappa shape index (κ3) is 2.94. The topological polar surface area (TPSA) is 88.6 Å². The van der Waals surface area contributed by atoms with Crippen LogP contribution < -0.4 is 16.1 Å². The van der Waals surface area contributed by atoms with Gasteiger partial charge in [0.05, 0.1) is 24.4 Å². The van der Waals surface area contributed by atoms with Gasteiger partial charge < -0.3 is 20.3 Å². The normalized spacial score (nSPS) is 29.2. The quantitative estimate of drug-likeness (QED) is 0.817. The third-order valence-corrected chi connectivity index (χ3v) is 4.67. The first-order chi connectivity index (χ1) is 13.7. The van der Waals surface area contributed by atoms with E-state index in [4.69, 9.17) is 24.2 Å². The van der Waals surface area contributed by atoms with Gasteiger partial charge in [0.2, 0.25) is 5.43 Å². The van der Waals surface area contributed by atoms with Crippen molar-refractivity contribution in [1.29, 1.82) is 0 Å². The Labute approximate surface area is 166 Å². The minimum Gasteiger partial charge on any atom is -0.477 e. The molecular formula is C17H18Cl2FN3O3. The Morgan fingerprint density at radius 3 is 2.73 bits per heavy atom. The molecule has 140 valence electrons. The highest BCUT2D eigenvalue weighted by Gasteiger charge is 2.31. The van der Waals surface area contributed by atoms with Gasteiger partial charge in [-0.05, 0) is 25.3 Å². The largest absolute Gasteiger partial charge is 0.477 e. The van der Waals surface area contributed by atoms with Crippen LogP contribution in [0.5, 0.6) is 0 Å². The fourth-order valence-electron chi connectivity index (χ4n) is 3.00. The summed E-state index contributed by atoms with van der Waals surface area (Å²) in [6, 6.07) is -2.11. The average molecular weight is 407 g/mol. The van der Waals surface area contributed by atoms with E-state index in [0.29, 0.717) is 17.7 Å². The van der Waals surface area contributed by atoms with Crippen LogP contribution in [-0.4, -0.2) is 34.7 Å². The zero-order valence-corrected chi connectivity index (χ0v) is 14.8. The number of nitrogens with two attached hydrogens (primary N) is 1. The SMILES string of the molecule is Cl.[2H]C1([2H])CN(c2c(F)cc3c(=O)c(C(=O)O)cn(C4CC4)c3c2Cl)C([2H])([2H])C1([2H])N. The number of halogens is 3. The second-order valence-corrected chi connectivity index (χ2v) is 6.40. The predicted molar refractivity (Wildman–Crippen MR) is 100 cm³/mol. The van der Waals surface area contributed by atoms with Crippen LogP contribution in [0.3, 0.4) is 0 Å². The smallest absolute Gasteiger partial charge is 0.341 e. The van der Waals surface area contributed by atoms with Crippen LogP contribution in [0.15, 0.2) is 17.1 Å². The minimum absolute atomic E-state index is 0. The molecular weight excluding hydrogens is 384 g/mol. The van der Waals surface area contributed by atoms with Crippen molar-refractivity contribution in [3.8, 4) is 0 Å². The molecule has 1 unspecified atom stereocenters. The van der Waals surface area contributed by atoms with Crippen LogP contribution in [0.1, 0.15) is 42.5 Å². The van der Waals surface area contributed by atoms with E-state index in [-0.39, 0.29) is 34.4 Å². The fraction of sp³-hybridized carbons (Fsp3) is 0.412. The van der Waals surface area contributed by atoms with Crippen LogP contribution in [0.4, 0.5) is 10.1 Å². The standard InChI is InChI=1S/C17H17ClFN3O3.ClH/c18-13-14-10(5-12(19)15(13)21-4-3-8(20)6-21)16(23)11(17(24)25)7-22(14)9-1-2-9;/h5,7-9H,1-4,6,20H2,(H,24,25);1H/i3D2,6D2,8D;. The molecule has 1 saturated heterocycles. The summed E-state index contributed by atoms with van der Waals surface area (Å²) in [6.07, 6.45) is -0.0318. The fourth-order valence-corrected chi connectivity index (χ4v) is 3.39. The summed E-state index contributed by atoms with van der Waals surface area (Å²) in [5.74, 6) is -2.62. The van der Waals surface area contributed by atoms with E-state index in [9.17, 15) is 14.7 Å². The number of carboxylic acid groups (broad SMARTS) is 1. The summed E-state index contributed by atoms with van der Waals surface area (Å²) in [6.45, 7) is -3.58. The molecule has 1 aromatic heterocycles. The molecule has 1 aliphatic heterocycles. The van der Waals surface area contributed by atoms with Gasteiger partial charge in [-0.15, -0.1) is 12.4 Å². The maximum Gasteiger partial charge on any atom is 0.341 e. The van der Waals surface area contributed by atoms with Crippen molar-refractivity contribution >= 4 is 46.6 Å². The number of fused-ring (bicyclic) bond motifs is 1. The van der Waals surface area contributed by atoms with Crippen molar-refractivity contribution in [3.05, 3.63) is 38.9 Å². The number of carboxylic acids is 1. The Hall–Kier alpha value is -1.83. The summed E-state index contributed by atoms with van der Waals surface area (Å²) >= 11 is 6.44. The molecule has 26 heavy (non-hydrogen) atoms. The summed E-state index contributed by atoms with van der Waals surface area (Å²) < 4.78 is 56.9. The van der Waals surface area contributed by atoms with Crippen molar-refractivity contribution in [2.24, 2.45) is 5.73 Å². The molecule has 0 amide bonds. The van der Waals surface area contributed by atoms with Crippen LogP contribution >= 0.6 is 24.0 Å². The lowest BCUT2D eigenvalue weighted by atomic mass is 10.1. The van der Waals surface area contributed by atoms with E-state index >= 15 is 4.39 Å². The molecule has 2 aliphatic rings. The Morgan fingerprint density at radius 2 is 2.19 bits per heavy atom. The molecule has 0 radical (unpaired) electrons. The highest BCUT2D eigenvalue weighted by atomic mass is 35.5. The van der Waals surface area contributed by atoms with Crippen LogP contribution in [-0.2, 0) is 0 Å². The monoisotopic (exact) mass is 406 g/mol. The van der Waals surface area contributed by atoms with Crippen LogP contribution in [0.2, 0.25) is 5.02 Å². The highest BCUT2D eigenvalue weighted by molar-refractivity contribution is 6.38. The number of aromatic carboxylic acids is 1. The minimum atomic E-state index is -2.83. The Kier molecular flexibility index (Phi) is 3.45. The molecule has 3 N–H and O–H groups in total. The summed E-state index contributed by atoms with van der Waals surface area (Å²) in [5.41, 5.74) is 3.65. The van der Waals surface area contributed by atoms with E-state index in [1.807, 2.05) is 0 Å². The lowest BCUT2D eigenvalue weighted by molar-refractivity contribution is 0.0695. The molecule has 1 atom stereocenters. The zero-order valence-electron chi connectivity index (χ0n) is 18.3. The predicted octanol–water partition coefficient (Wildman–Crippen LogP) is 2.79. The molecule has 0 spiro atoms. The number of anilines is 1. The number of rotatable bonds is 3.